The van der Waals surface area contributed by atoms with Gasteiger partial charge in [0.2, 0.25) is 12.2 Å². The smallest absolute Gasteiger partial charge is 0.411 e. The summed E-state index contributed by atoms with van der Waals surface area (Å²) >= 11 is 0. The minimum atomic E-state index is -1.57. The summed E-state index contributed by atoms with van der Waals surface area (Å²) in [6.07, 6.45) is 8.87. The van der Waals surface area contributed by atoms with Crippen LogP contribution in [0.3, 0.4) is 0 Å². The van der Waals surface area contributed by atoms with E-state index in [1.165, 1.54) is 30.4 Å². The lowest BCUT2D eigenvalue weighted by molar-refractivity contribution is -0.161. The van der Waals surface area contributed by atoms with E-state index < -0.39 is 142 Å². The summed E-state index contributed by atoms with van der Waals surface area (Å²) in [7, 11) is 0. The molecule has 0 heterocycles. The van der Waals surface area contributed by atoms with Crippen LogP contribution in [0.1, 0.15) is 11.1 Å². The third kappa shape index (κ3) is 31.9. The molecule has 476 valence electrons. The van der Waals surface area contributed by atoms with Gasteiger partial charge in [0.1, 0.15) is 83.5 Å². The summed E-state index contributed by atoms with van der Waals surface area (Å²) in [6, 6.07) is 9.07. The van der Waals surface area contributed by atoms with Gasteiger partial charge in [-0.05, 0) is 61.4 Å². The molecule has 0 radical (unpaired) electrons. The maximum absolute atomic E-state index is 12.9. The van der Waals surface area contributed by atoms with Crippen molar-refractivity contribution in [3.8, 4) is 0 Å². The Morgan fingerprint density at radius 3 is 0.966 bits per heavy atom. The lowest BCUT2D eigenvalue weighted by atomic mass is 9.92. The van der Waals surface area contributed by atoms with Gasteiger partial charge < -0.3 is 57.2 Å². The van der Waals surface area contributed by atoms with Crippen LogP contribution in [0, 0.1) is 30.1 Å². The summed E-state index contributed by atoms with van der Waals surface area (Å²) in [5, 5.41) is 14.5. The standard InChI is InChI=1S/C37H42N2O16.C14H18O7.C9H6N2O2/c1-8-28(40)48-17-36(18-49-29(41)9-2,19-50-30(42)10-3)23-54-34(46)38-26-14-15-27(25(7)16-26)39-35(47)55-24-37(20-51-31(43)11-4,21-52-32(44)12-5)22-53-33(45)13-6;1-4-11(16)19-8-14(7-15,9-20-12(17)5-2)10-21-13(18)6-3;1-7-4-8(10-5-12)2-3-9(7)11-6-13/h8-16H,1-6,17-24H2,7H3,(H,38,46)(H,39,47);4-6,15H,1-3,7-10H2;2-4H,1H3. The van der Waals surface area contributed by atoms with Gasteiger partial charge in [-0.1, -0.05) is 59.2 Å². The molecule has 29 heteroatoms. The van der Waals surface area contributed by atoms with E-state index in [1.54, 1.807) is 32.0 Å². The second-order valence-corrected chi connectivity index (χ2v) is 17.8. The van der Waals surface area contributed by atoms with Crippen molar-refractivity contribution in [1.82, 2.24) is 0 Å². The SMILES string of the molecule is C=CC(=O)OCC(CO)(COC(=O)C=C)COC(=O)C=C.C=CC(=O)OCC(COC(=O)C=C)(COC(=O)C=C)COC(=O)Nc1ccc(NC(=O)OCC(COC(=O)C=C)(COC(=O)C=C)COC(=O)C=C)c(C)c1.Cc1cc(N=C=O)ccc1N=C=O. The number of rotatable bonds is 36. The summed E-state index contributed by atoms with van der Waals surface area (Å²) < 4.78 is 55.8. The number of nitrogens with zero attached hydrogens (tertiary/aromatic N) is 2. The van der Waals surface area contributed by atoms with Crippen LogP contribution in [-0.4, -0.2) is 162 Å². The molecule has 0 spiro atoms. The Morgan fingerprint density at radius 1 is 0.404 bits per heavy atom. The van der Waals surface area contributed by atoms with Gasteiger partial charge in [-0.2, -0.15) is 9.98 Å². The van der Waals surface area contributed by atoms with E-state index in [0.29, 0.717) is 16.9 Å². The van der Waals surface area contributed by atoms with Crippen LogP contribution in [0.25, 0.3) is 0 Å². The average Bonchev–Trinajstić information content (AvgIpc) is 2.71. The van der Waals surface area contributed by atoms with Crippen molar-refractivity contribution >= 4 is 101 Å². The fraction of sp³-hybridized carbons (Fsp3) is 0.283. The highest BCUT2D eigenvalue weighted by Gasteiger charge is 2.39. The predicted octanol–water partition coefficient (Wildman–Crippen LogP) is 5.52. The van der Waals surface area contributed by atoms with E-state index in [-0.39, 0.29) is 31.2 Å². The fourth-order valence-electron chi connectivity index (χ4n) is 5.87. The maximum atomic E-state index is 12.9. The molecule has 0 saturated carbocycles. The van der Waals surface area contributed by atoms with Crippen LogP contribution >= 0.6 is 0 Å². The normalized spacial score (nSPS) is 10.1. The zero-order valence-electron chi connectivity index (χ0n) is 48.6. The number of hydrogen-bond donors (Lipinski definition) is 3. The molecule has 0 aliphatic heterocycles. The molecule has 2 aromatic carbocycles. The van der Waals surface area contributed by atoms with Crippen molar-refractivity contribution in [1.29, 1.82) is 0 Å². The molecular formula is C60H66N4O25. The van der Waals surface area contributed by atoms with Gasteiger partial charge in [-0.25, -0.2) is 62.3 Å². The molecule has 29 nitrogen and oxygen atoms in total. The number of amides is 2. The van der Waals surface area contributed by atoms with Crippen LogP contribution in [0.4, 0.5) is 32.3 Å². The summed E-state index contributed by atoms with van der Waals surface area (Å²) in [5.41, 5.74) is -1.80. The van der Waals surface area contributed by atoms with Crippen molar-refractivity contribution < 1.29 is 120 Å². The van der Waals surface area contributed by atoms with Crippen molar-refractivity contribution in [2.24, 2.45) is 26.2 Å². The topological polar surface area (TPSA) is 392 Å². The van der Waals surface area contributed by atoms with Crippen molar-refractivity contribution in [2.75, 3.05) is 89.9 Å². The quantitative estimate of drug-likeness (QED) is 0.0248. The molecule has 2 rings (SSSR count). The van der Waals surface area contributed by atoms with E-state index in [1.807, 2.05) is 0 Å². The van der Waals surface area contributed by atoms with Crippen LogP contribution in [-0.2, 0) is 105 Å². The molecule has 0 aromatic heterocycles. The molecule has 0 bridgehead atoms. The first-order valence-corrected chi connectivity index (χ1v) is 25.3. The Hall–Kier alpha value is -11.4. The highest BCUT2D eigenvalue weighted by molar-refractivity contribution is 5.89. The zero-order chi connectivity index (χ0) is 67.4. The second kappa shape index (κ2) is 42.4. The van der Waals surface area contributed by atoms with Gasteiger partial charge in [-0.3, -0.25) is 10.6 Å². The number of benzene rings is 2. The molecular weight excluding hydrogens is 1180 g/mol. The highest BCUT2D eigenvalue weighted by atomic mass is 16.6. The van der Waals surface area contributed by atoms with Gasteiger partial charge >= 0.3 is 65.9 Å². The summed E-state index contributed by atoms with van der Waals surface area (Å²) in [5.74, 6) is -7.32. The number of ether oxygens (including phenoxy) is 11. The number of hydrogen-bond acceptors (Lipinski definition) is 27. The number of aliphatic hydroxyl groups is 1. The molecule has 0 aliphatic carbocycles. The molecule has 0 saturated heterocycles. The Morgan fingerprint density at radius 2 is 0.697 bits per heavy atom. The van der Waals surface area contributed by atoms with Crippen LogP contribution in [0.5, 0.6) is 0 Å². The van der Waals surface area contributed by atoms with E-state index in [9.17, 15) is 67.4 Å². The molecule has 2 aromatic rings. The third-order valence-corrected chi connectivity index (χ3v) is 10.8. The van der Waals surface area contributed by atoms with E-state index in [2.05, 4.69) is 79.8 Å². The van der Waals surface area contributed by atoms with E-state index >= 15 is 0 Å². The average molecular weight is 1240 g/mol. The van der Waals surface area contributed by atoms with Crippen LogP contribution < -0.4 is 10.6 Å². The third-order valence-electron chi connectivity index (χ3n) is 10.8. The predicted molar refractivity (Wildman–Crippen MR) is 313 cm³/mol. The fourth-order valence-corrected chi connectivity index (χ4v) is 5.87. The monoisotopic (exact) mass is 1240 g/mol. The first kappa shape index (κ1) is 77.6. The molecule has 0 aliphatic rings. The zero-order valence-corrected chi connectivity index (χ0v) is 48.6. The van der Waals surface area contributed by atoms with Crippen molar-refractivity contribution in [3.05, 3.63) is 161 Å². The highest BCUT2D eigenvalue weighted by Crippen LogP contribution is 2.27. The van der Waals surface area contributed by atoms with Gasteiger partial charge in [0.15, 0.2) is 0 Å². The van der Waals surface area contributed by atoms with Crippen LogP contribution in [0.2, 0.25) is 0 Å². The minimum absolute atomic E-state index is 0.192. The molecule has 0 unspecified atom stereocenters. The van der Waals surface area contributed by atoms with Crippen molar-refractivity contribution in [2.45, 2.75) is 13.8 Å². The molecule has 89 heavy (non-hydrogen) atoms. The Balaban J connectivity index is 0.00000183. The Labute approximate surface area is 510 Å². The molecule has 3 N–H and O–H groups in total. The van der Waals surface area contributed by atoms with Gasteiger partial charge in [0.05, 0.1) is 23.4 Å². The molecule has 0 atom stereocenters. The number of carbonyl (C=O) groups excluding carboxylic acids is 13. The number of carbonyl (C=O) groups is 11. The number of nitrogens with one attached hydrogen (secondary N) is 2. The number of aliphatic imine (C=N–C) groups is 2. The Bertz CT molecular complexity index is 2880. The minimum Gasteiger partial charge on any atom is -0.462 e. The first-order chi connectivity index (χ1) is 42.3. The van der Waals surface area contributed by atoms with Gasteiger partial charge in [-0.15, -0.1) is 0 Å². The van der Waals surface area contributed by atoms with Crippen molar-refractivity contribution in [3.63, 3.8) is 0 Å². The van der Waals surface area contributed by atoms with E-state index in [4.69, 9.17) is 52.1 Å². The molecule has 0 fully saturated rings. The van der Waals surface area contributed by atoms with Gasteiger partial charge in [0.25, 0.3) is 0 Å². The lowest BCUT2D eigenvalue weighted by Gasteiger charge is -2.31. The summed E-state index contributed by atoms with van der Waals surface area (Å²) in [4.78, 5) is 157. The Kier molecular flexibility index (Phi) is 37.0. The second-order valence-electron chi connectivity index (χ2n) is 17.8. The number of aliphatic hydroxyl groups excluding tert-OH is 1. The van der Waals surface area contributed by atoms with Gasteiger partial charge in [0, 0.05) is 66.1 Å². The number of aryl methyl sites for hydroxylation is 2. The van der Waals surface area contributed by atoms with Crippen LogP contribution in [0.15, 0.2) is 160 Å². The lowest BCUT2D eigenvalue weighted by Crippen LogP contribution is -2.44. The largest absolute Gasteiger partial charge is 0.462 e. The number of esters is 9. The summed E-state index contributed by atoms with van der Waals surface area (Å²) in [6.45, 7) is 26.9. The van der Waals surface area contributed by atoms with E-state index in [0.717, 1.165) is 60.2 Å². The number of anilines is 2. The molecule has 2 amide bonds. The maximum Gasteiger partial charge on any atom is 0.411 e. The number of isocyanates is 2. The first-order valence-electron chi connectivity index (χ1n) is 25.3.